The van der Waals surface area contributed by atoms with Gasteiger partial charge in [-0.1, -0.05) is 6.92 Å². The molecule has 11 nitrogen and oxygen atoms in total. The van der Waals surface area contributed by atoms with Gasteiger partial charge in [0.1, 0.15) is 12.2 Å². The van der Waals surface area contributed by atoms with Gasteiger partial charge in [-0.05, 0) is 18.1 Å². The molecule has 0 unspecified atom stereocenters. The number of hydrogen-bond acceptors (Lipinski definition) is 9. The van der Waals surface area contributed by atoms with E-state index in [2.05, 4.69) is 25.3 Å². The molecule has 158 valence electrons. The van der Waals surface area contributed by atoms with Gasteiger partial charge in [-0.2, -0.15) is 0 Å². The number of carbonyl (C=O) groups is 1. The molecule has 4 atom stereocenters. The Hall–Kier alpha value is -3.15. The first-order chi connectivity index (χ1) is 16.8. The van der Waals surface area contributed by atoms with Crippen LogP contribution in [0, 0.1) is 0 Å². The lowest BCUT2D eigenvalue weighted by molar-refractivity contribution is -0.137. The molecule has 1 saturated heterocycles. The van der Waals surface area contributed by atoms with Crippen LogP contribution in [0.4, 0.5) is 5.82 Å². The van der Waals surface area contributed by atoms with Crippen LogP contribution in [0.2, 0.25) is 0 Å². The minimum absolute atomic E-state index is 0.0233. The molecular weight excluding hydrogens is 390 g/mol. The highest BCUT2D eigenvalue weighted by atomic mass is 16.6. The molecule has 0 radical (unpaired) electrons. The summed E-state index contributed by atoms with van der Waals surface area (Å²) in [5, 5.41) is 25.0. The first-order valence-corrected chi connectivity index (χ1v) is 9.08. The van der Waals surface area contributed by atoms with Gasteiger partial charge in [0.25, 0.3) is 5.91 Å². The predicted octanol–water partition coefficient (Wildman–Crippen LogP) is -0.142. The summed E-state index contributed by atoms with van der Waals surface area (Å²) in [6.07, 6.45) is -1.50. The fourth-order valence-electron chi connectivity index (χ4n) is 3.30. The molecule has 0 saturated carbocycles. The van der Waals surface area contributed by atoms with E-state index in [0.29, 0.717) is 12.0 Å². The molecule has 0 aromatic carbocycles. The number of anilines is 1. The molecule has 1 fully saturated rings. The Morgan fingerprint density at radius 1 is 1.30 bits per heavy atom. The SMILES string of the molecule is [2H]C([2H])([2H])NC(=O)[C@H]1O[C@@H](n2cnc3c(NC([2H])([2H])[2H])nc(-c4cncc(CC)c4)nc32)[C@H](O)[C@@H]1O. The number of amides is 1. The van der Waals surface area contributed by atoms with Gasteiger partial charge in [0.05, 0.1) is 6.33 Å². The van der Waals surface area contributed by atoms with Crippen molar-refractivity contribution >= 4 is 22.9 Å². The number of aryl methyl sites for hydroxylation is 1. The maximum atomic E-state index is 12.3. The van der Waals surface area contributed by atoms with Gasteiger partial charge in [-0.25, -0.2) is 15.0 Å². The van der Waals surface area contributed by atoms with Crippen molar-refractivity contribution in [3.63, 3.8) is 0 Å². The van der Waals surface area contributed by atoms with Crippen LogP contribution in [0.1, 0.15) is 26.9 Å². The Labute approximate surface area is 180 Å². The van der Waals surface area contributed by atoms with Crippen molar-refractivity contribution in [2.24, 2.45) is 0 Å². The van der Waals surface area contributed by atoms with Crippen molar-refractivity contribution < 1.29 is 28.0 Å². The highest BCUT2D eigenvalue weighted by Crippen LogP contribution is 2.33. The topological polar surface area (TPSA) is 147 Å². The summed E-state index contributed by atoms with van der Waals surface area (Å²) in [6.45, 7) is -3.52. The molecule has 0 spiro atoms. The van der Waals surface area contributed by atoms with Gasteiger partial charge in [-0.3, -0.25) is 14.3 Å². The second-order valence-electron chi connectivity index (χ2n) is 6.70. The summed E-state index contributed by atoms with van der Waals surface area (Å²) >= 11 is 0. The summed E-state index contributed by atoms with van der Waals surface area (Å²) in [4.78, 5) is 29.4. The molecule has 0 bridgehead atoms. The van der Waals surface area contributed by atoms with E-state index in [9.17, 15) is 15.0 Å². The van der Waals surface area contributed by atoms with E-state index in [1.54, 1.807) is 17.6 Å². The van der Waals surface area contributed by atoms with Crippen molar-refractivity contribution in [2.45, 2.75) is 37.9 Å². The molecule has 3 aromatic rings. The normalized spacial score (nSPS) is 27.4. The lowest BCUT2D eigenvalue weighted by atomic mass is 10.1. The van der Waals surface area contributed by atoms with E-state index in [-0.39, 0.29) is 22.8 Å². The molecular formula is C19H23N7O4. The number of rotatable bonds is 5. The molecule has 3 aromatic heterocycles. The predicted molar refractivity (Wildman–Crippen MR) is 107 cm³/mol. The van der Waals surface area contributed by atoms with Crippen LogP contribution in [-0.2, 0) is 16.0 Å². The number of carbonyl (C=O) groups excluding carboxylic acids is 1. The molecule has 4 rings (SSSR count). The van der Waals surface area contributed by atoms with Gasteiger partial charge in [0.2, 0.25) is 0 Å². The van der Waals surface area contributed by atoms with Crippen LogP contribution >= 0.6 is 0 Å². The van der Waals surface area contributed by atoms with E-state index < -0.39 is 44.4 Å². The quantitative estimate of drug-likeness (QED) is 0.443. The number of nitrogens with zero attached hydrogens (tertiary/aromatic N) is 5. The molecule has 0 aliphatic carbocycles. The van der Waals surface area contributed by atoms with E-state index in [4.69, 9.17) is 13.0 Å². The van der Waals surface area contributed by atoms with Crippen molar-refractivity contribution in [3.05, 3.63) is 30.4 Å². The first-order valence-electron chi connectivity index (χ1n) is 12.1. The number of likely N-dealkylation sites (N-methyl/N-ethyl adjacent to an activating group) is 1. The van der Waals surface area contributed by atoms with Gasteiger partial charge < -0.3 is 25.6 Å². The monoisotopic (exact) mass is 419 g/mol. The Balaban J connectivity index is 1.79. The number of imidazole rings is 1. The Morgan fingerprint density at radius 3 is 2.93 bits per heavy atom. The molecule has 11 heteroatoms. The first kappa shape index (κ1) is 14.0. The minimum Gasteiger partial charge on any atom is -0.387 e. The zero-order valence-electron chi connectivity index (χ0n) is 21.8. The summed E-state index contributed by atoms with van der Waals surface area (Å²) in [5.74, 6) is -1.17. The van der Waals surface area contributed by atoms with Crippen molar-refractivity contribution in [3.8, 4) is 11.4 Å². The molecule has 1 aliphatic rings. The molecule has 1 amide bonds. The van der Waals surface area contributed by atoms with Gasteiger partial charge in [0.15, 0.2) is 35.1 Å². The fourth-order valence-corrected chi connectivity index (χ4v) is 3.30. The average molecular weight is 419 g/mol. The fraction of sp³-hybridized carbons (Fsp3) is 0.421. The Kier molecular flexibility index (Phi) is 3.69. The third-order valence-electron chi connectivity index (χ3n) is 4.90. The summed E-state index contributed by atoms with van der Waals surface area (Å²) in [5.41, 5.74) is 1.42. The lowest BCUT2D eigenvalue weighted by Gasteiger charge is -2.17. The molecule has 1 aliphatic heterocycles. The third-order valence-corrected chi connectivity index (χ3v) is 4.90. The largest absolute Gasteiger partial charge is 0.387 e. The number of pyridine rings is 1. The van der Waals surface area contributed by atoms with Gasteiger partial charge in [-0.15, -0.1) is 0 Å². The zero-order chi connectivity index (χ0) is 26.4. The Bertz CT molecular complexity index is 1280. The smallest absolute Gasteiger partial charge is 0.251 e. The van der Waals surface area contributed by atoms with Crippen molar-refractivity contribution in [2.75, 3.05) is 19.3 Å². The van der Waals surface area contributed by atoms with Gasteiger partial charge >= 0.3 is 0 Å². The number of aliphatic hydroxyl groups is 2. The highest BCUT2D eigenvalue weighted by Gasteiger charge is 2.47. The summed E-state index contributed by atoms with van der Waals surface area (Å²) < 4.78 is 51.0. The van der Waals surface area contributed by atoms with Gasteiger partial charge in [0, 0.05) is 40.1 Å². The molecule has 4 heterocycles. The Morgan fingerprint density at radius 2 is 2.17 bits per heavy atom. The van der Waals surface area contributed by atoms with E-state index in [1.807, 2.05) is 6.92 Å². The maximum Gasteiger partial charge on any atom is 0.251 e. The maximum absolute atomic E-state index is 12.3. The third kappa shape index (κ3) is 3.26. The number of hydrogen-bond donors (Lipinski definition) is 4. The van der Waals surface area contributed by atoms with E-state index in [0.717, 1.165) is 5.56 Å². The lowest BCUT2D eigenvalue weighted by Crippen LogP contribution is -2.41. The number of fused-ring (bicyclic) bond motifs is 1. The van der Waals surface area contributed by atoms with Crippen LogP contribution in [0.3, 0.4) is 0 Å². The second-order valence-corrected chi connectivity index (χ2v) is 6.70. The van der Waals surface area contributed by atoms with Crippen LogP contribution < -0.4 is 10.6 Å². The van der Waals surface area contributed by atoms with Crippen LogP contribution in [0.25, 0.3) is 22.6 Å². The van der Waals surface area contributed by atoms with Crippen LogP contribution in [0.15, 0.2) is 24.8 Å². The van der Waals surface area contributed by atoms with E-state index >= 15 is 0 Å². The number of nitrogens with one attached hydrogen (secondary N) is 2. The average Bonchev–Trinajstić information content (AvgIpc) is 3.33. The van der Waals surface area contributed by atoms with Crippen LogP contribution in [0.5, 0.6) is 0 Å². The summed E-state index contributed by atoms with van der Waals surface area (Å²) in [6, 6.07) is 1.79. The zero-order valence-corrected chi connectivity index (χ0v) is 15.8. The number of aromatic nitrogens is 5. The van der Waals surface area contributed by atoms with Crippen molar-refractivity contribution in [1.29, 1.82) is 0 Å². The van der Waals surface area contributed by atoms with Crippen LogP contribution in [-0.4, -0.2) is 72.9 Å². The number of aliphatic hydroxyl groups excluding tert-OH is 2. The highest BCUT2D eigenvalue weighted by molar-refractivity contribution is 5.85. The number of ether oxygens (including phenoxy) is 1. The standard InChI is InChI=1S/C19H23N7O4/c1-4-9-5-10(7-22-6-9)15-24-16(20-2)11-17(25-15)26(8-23-11)19-13(28)12(27)14(30-19)18(29)21-3/h5-8,12-14,19,27-28H,4H2,1-3H3,(H,21,29)(H,20,24,25)/t12-,13+,14-,19+/m0/s1/i2D3,3D3. The van der Waals surface area contributed by atoms with E-state index in [1.165, 1.54) is 17.1 Å². The van der Waals surface area contributed by atoms with Crippen molar-refractivity contribution in [1.82, 2.24) is 29.8 Å². The summed E-state index contributed by atoms with van der Waals surface area (Å²) in [7, 11) is 0. The molecule has 30 heavy (non-hydrogen) atoms. The molecule has 4 N–H and O–H groups in total. The second kappa shape index (κ2) is 7.94. The minimum atomic E-state index is -2.83.